The Labute approximate surface area is 196 Å². The molecule has 2 N–H and O–H groups in total. The van der Waals surface area contributed by atoms with E-state index < -0.39 is 11.1 Å². The number of rotatable bonds is 10. The molecule has 0 unspecified atom stereocenters. The molecule has 0 aromatic heterocycles. The minimum absolute atomic E-state index is 0.0593. The summed E-state index contributed by atoms with van der Waals surface area (Å²) in [6, 6.07) is 19.8. The molecule has 34 heavy (non-hydrogen) atoms. The van der Waals surface area contributed by atoms with E-state index in [1.54, 1.807) is 68.8 Å². The summed E-state index contributed by atoms with van der Waals surface area (Å²) in [4.78, 5) is 36.2. The van der Waals surface area contributed by atoms with Crippen molar-refractivity contribution in [3.05, 3.63) is 99.6 Å². The Morgan fingerprint density at radius 2 is 1.29 bits per heavy atom. The minimum atomic E-state index is -0.948. The Morgan fingerprint density at radius 1 is 0.824 bits per heavy atom. The van der Waals surface area contributed by atoms with Crippen molar-refractivity contribution in [2.24, 2.45) is 0 Å². The van der Waals surface area contributed by atoms with E-state index in [1.165, 1.54) is 18.2 Å². The van der Waals surface area contributed by atoms with Gasteiger partial charge < -0.3 is 20.1 Å². The lowest BCUT2D eigenvalue weighted by Crippen LogP contribution is -2.42. The third-order valence-electron chi connectivity index (χ3n) is 5.07. The van der Waals surface area contributed by atoms with Gasteiger partial charge >= 0.3 is 0 Å². The molecule has 0 aliphatic heterocycles. The van der Waals surface area contributed by atoms with Gasteiger partial charge in [0.25, 0.3) is 5.69 Å². The molecule has 9 heteroatoms. The maximum Gasteiger partial charge on any atom is 0.269 e. The van der Waals surface area contributed by atoms with Gasteiger partial charge in [0.2, 0.25) is 11.8 Å². The maximum atomic E-state index is 12.7. The highest BCUT2D eigenvalue weighted by Crippen LogP contribution is 2.19. The second kappa shape index (κ2) is 11.5. The molecule has 0 bridgehead atoms. The van der Waals surface area contributed by atoms with Crippen molar-refractivity contribution < 1.29 is 24.0 Å². The Morgan fingerprint density at radius 3 is 1.71 bits per heavy atom. The highest BCUT2D eigenvalue weighted by Gasteiger charge is 2.20. The van der Waals surface area contributed by atoms with Gasteiger partial charge in [0.05, 0.1) is 32.0 Å². The number of non-ortho nitro benzene ring substituents is 1. The number of nitro groups is 1. The molecule has 0 heterocycles. The first-order valence-corrected chi connectivity index (χ1v) is 10.5. The average molecular weight is 463 g/mol. The fraction of sp³-hybridized carbons (Fsp3) is 0.200. The van der Waals surface area contributed by atoms with E-state index in [-0.39, 0.29) is 30.3 Å². The predicted molar refractivity (Wildman–Crippen MR) is 126 cm³/mol. The zero-order chi connectivity index (χ0) is 24.5. The SMILES string of the molecule is COc1ccc(CC(=O)NC(NC(=O)Cc2ccc(OC)cc2)c2cccc([N+](=O)[O-])c2)cc1. The summed E-state index contributed by atoms with van der Waals surface area (Å²) in [7, 11) is 3.11. The number of amides is 2. The maximum absolute atomic E-state index is 12.7. The Bertz CT molecular complexity index is 1080. The summed E-state index contributed by atoms with van der Waals surface area (Å²) < 4.78 is 10.2. The fourth-order valence-electron chi connectivity index (χ4n) is 3.30. The molecular formula is C25H25N3O6. The molecule has 0 saturated carbocycles. The number of nitrogens with one attached hydrogen (secondary N) is 2. The first-order chi connectivity index (χ1) is 16.4. The van der Waals surface area contributed by atoms with Crippen molar-refractivity contribution in [2.75, 3.05) is 14.2 Å². The van der Waals surface area contributed by atoms with Crippen molar-refractivity contribution in [3.63, 3.8) is 0 Å². The second-order valence-electron chi connectivity index (χ2n) is 7.47. The fourth-order valence-corrected chi connectivity index (χ4v) is 3.30. The van der Waals surface area contributed by atoms with Crippen molar-refractivity contribution in [2.45, 2.75) is 19.0 Å². The number of methoxy groups -OCH3 is 2. The largest absolute Gasteiger partial charge is 0.497 e. The number of nitro benzene ring substituents is 1. The number of nitrogens with zero attached hydrogens (tertiary/aromatic N) is 1. The van der Waals surface area contributed by atoms with E-state index >= 15 is 0 Å². The minimum Gasteiger partial charge on any atom is -0.497 e. The Hall–Kier alpha value is -4.40. The van der Waals surface area contributed by atoms with Crippen molar-refractivity contribution in [1.82, 2.24) is 10.6 Å². The topological polar surface area (TPSA) is 120 Å². The highest BCUT2D eigenvalue weighted by molar-refractivity contribution is 5.82. The zero-order valence-electron chi connectivity index (χ0n) is 18.8. The van der Waals surface area contributed by atoms with Crippen LogP contribution in [0.25, 0.3) is 0 Å². The number of ether oxygens (including phenoxy) is 2. The molecular weight excluding hydrogens is 438 g/mol. The highest BCUT2D eigenvalue weighted by atomic mass is 16.6. The quantitative estimate of drug-likeness (QED) is 0.270. The first kappa shape index (κ1) is 24.2. The summed E-state index contributed by atoms with van der Waals surface area (Å²) in [5, 5.41) is 16.8. The van der Waals surface area contributed by atoms with Gasteiger partial charge in [0.1, 0.15) is 17.7 Å². The lowest BCUT2D eigenvalue weighted by molar-refractivity contribution is -0.384. The van der Waals surface area contributed by atoms with Crippen molar-refractivity contribution >= 4 is 17.5 Å². The first-order valence-electron chi connectivity index (χ1n) is 10.5. The lowest BCUT2D eigenvalue weighted by atomic mass is 10.1. The van der Waals surface area contributed by atoms with Crippen LogP contribution >= 0.6 is 0 Å². The van der Waals surface area contributed by atoms with Crippen LogP contribution in [-0.2, 0) is 22.4 Å². The third kappa shape index (κ3) is 6.80. The number of carbonyl (C=O) groups excluding carboxylic acids is 2. The number of hydrogen-bond donors (Lipinski definition) is 2. The van der Waals surface area contributed by atoms with Crippen LogP contribution in [0.4, 0.5) is 5.69 Å². The number of hydrogen-bond acceptors (Lipinski definition) is 6. The molecule has 3 aromatic rings. The Kier molecular flexibility index (Phi) is 8.17. The van der Waals surface area contributed by atoms with Gasteiger partial charge in [-0.2, -0.15) is 0 Å². The van der Waals surface area contributed by atoms with Gasteiger partial charge in [-0.3, -0.25) is 19.7 Å². The van der Waals surface area contributed by atoms with E-state index in [4.69, 9.17) is 9.47 Å². The normalized spacial score (nSPS) is 10.4. The van der Waals surface area contributed by atoms with Gasteiger partial charge in [-0.15, -0.1) is 0 Å². The molecule has 0 spiro atoms. The van der Waals surface area contributed by atoms with Crippen LogP contribution in [0, 0.1) is 10.1 Å². The molecule has 3 rings (SSSR count). The summed E-state index contributed by atoms with van der Waals surface area (Å²) in [6.07, 6.45) is -0.829. The van der Waals surface area contributed by atoms with Gasteiger partial charge in [-0.05, 0) is 35.4 Å². The van der Waals surface area contributed by atoms with Crippen LogP contribution in [-0.4, -0.2) is 31.0 Å². The average Bonchev–Trinajstić information content (AvgIpc) is 2.84. The van der Waals surface area contributed by atoms with Gasteiger partial charge in [-0.25, -0.2) is 0 Å². The zero-order valence-corrected chi connectivity index (χ0v) is 18.8. The second-order valence-corrected chi connectivity index (χ2v) is 7.47. The van der Waals surface area contributed by atoms with Crippen molar-refractivity contribution in [1.29, 1.82) is 0 Å². The number of carbonyl (C=O) groups is 2. The molecule has 9 nitrogen and oxygen atoms in total. The monoisotopic (exact) mass is 463 g/mol. The molecule has 0 aliphatic carbocycles. The van der Waals surface area contributed by atoms with E-state index in [9.17, 15) is 19.7 Å². The van der Waals surface area contributed by atoms with Crippen LogP contribution in [0.3, 0.4) is 0 Å². The molecule has 0 fully saturated rings. The van der Waals surface area contributed by atoms with Gasteiger partial charge in [0.15, 0.2) is 0 Å². The molecule has 3 aromatic carbocycles. The molecule has 176 valence electrons. The van der Waals surface area contributed by atoms with Crippen LogP contribution in [0.1, 0.15) is 22.9 Å². The molecule has 0 radical (unpaired) electrons. The predicted octanol–water partition coefficient (Wildman–Crippen LogP) is 3.33. The Balaban J connectivity index is 1.75. The van der Waals surface area contributed by atoms with Crippen LogP contribution in [0.2, 0.25) is 0 Å². The van der Waals surface area contributed by atoms with Crippen molar-refractivity contribution in [3.8, 4) is 11.5 Å². The van der Waals surface area contributed by atoms with E-state index in [0.29, 0.717) is 17.1 Å². The lowest BCUT2D eigenvalue weighted by Gasteiger charge is -2.21. The standard InChI is InChI=1S/C25H25N3O6/c1-33-21-10-6-17(7-11-21)14-23(29)26-25(19-4-3-5-20(16-19)28(31)32)27-24(30)15-18-8-12-22(34-2)13-9-18/h3-13,16,25H,14-15H2,1-2H3,(H,26,29)(H,27,30). The molecule has 0 aliphatic rings. The van der Waals surface area contributed by atoms with Crippen LogP contribution in [0.15, 0.2) is 72.8 Å². The van der Waals surface area contributed by atoms with E-state index in [2.05, 4.69) is 10.6 Å². The molecule has 2 amide bonds. The van der Waals surface area contributed by atoms with Crippen LogP contribution in [0.5, 0.6) is 11.5 Å². The molecule has 0 saturated heterocycles. The number of benzene rings is 3. The summed E-state index contributed by atoms with van der Waals surface area (Å²) in [6.45, 7) is 0. The van der Waals surface area contributed by atoms with Gasteiger partial charge in [-0.1, -0.05) is 36.4 Å². The third-order valence-corrected chi connectivity index (χ3v) is 5.07. The summed E-state index contributed by atoms with van der Waals surface area (Å²) in [5.41, 5.74) is 1.75. The van der Waals surface area contributed by atoms with Gasteiger partial charge in [0, 0.05) is 17.7 Å². The summed E-state index contributed by atoms with van der Waals surface area (Å²) in [5.74, 6) is 0.631. The van der Waals surface area contributed by atoms with Crippen LogP contribution < -0.4 is 20.1 Å². The summed E-state index contributed by atoms with van der Waals surface area (Å²) >= 11 is 0. The smallest absolute Gasteiger partial charge is 0.269 e. The van der Waals surface area contributed by atoms with E-state index in [0.717, 1.165) is 11.1 Å². The van der Waals surface area contributed by atoms with E-state index in [1.807, 2.05) is 0 Å². The molecule has 0 atom stereocenters.